The number of carbonyl (C=O) groups excluding carboxylic acids is 6. The van der Waals surface area contributed by atoms with Crippen LogP contribution in [-0.4, -0.2) is 58.1 Å². The van der Waals surface area contributed by atoms with Gasteiger partial charge in [0.1, 0.15) is 23.1 Å². The van der Waals surface area contributed by atoms with Gasteiger partial charge in [0.15, 0.2) is 0 Å². The van der Waals surface area contributed by atoms with Gasteiger partial charge in [0, 0.05) is 19.6 Å². The predicted molar refractivity (Wildman–Crippen MR) is 144 cm³/mol. The van der Waals surface area contributed by atoms with Crippen molar-refractivity contribution in [1.82, 2.24) is 10.6 Å². The summed E-state index contributed by atoms with van der Waals surface area (Å²) in [6.07, 6.45) is 1.86. The van der Waals surface area contributed by atoms with Crippen LogP contribution in [0.4, 0.5) is 0 Å². The van der Waals surface area contributed by atoms with Crippen molar-refractivity contribution < 1.29 is 38.2 Å². The van der Waals surface area contributed by atoms with Crippen LogP contribution in [-0.2, 0) is 19.2 Å². The number of benzene rings is 2. The lowest BCUT2D eigenvalue weighted by atomic mass is 10.2. The maximum absolute atomic E-state index is 13.0. The highest BCUT2D eigenvalue weighted by atomic mass is 32.2. The van der Waals surface area contributed by atoms with Crippen molar-refractivity contribution >= 4 is 57.5 Å². The van der Waals surface area contributed by atoms with E-state index in [1.807, 2.05) is 0 Å². The van der Waals surface area contributed by atoms with Crippen LogP contribution in [0, 0.1) is 0 Å². The molecule has 0 aliphatic rings. The van der Waals surface area contributed by atoms with Crippen LogP contribution in [0.3, 0.4) is 0 Å². The molecule has 0 saturated heterocycles. The van der Waals surface area contributed by atoms with Crippen molar-refractivity contribution in [1.29, 1.82) is 0 Å². The summed E-state index contributed by atoms with van der Waals surface area (Å²) in [5.74, 6) is -2.22. The molecule has 2 atom stereocenters. The molecule has 0 spiro atoms. The van der Waals surface area contributed by atoms with Gasteiger partial charge in [-0.2, -0.15) is 0 Å². The summed E-state index contributed by atoms with van der Waals surface area (Å²) in [5, 5.41) is 4.37. The zero-order chi connectivity index (χ0) is 28.2. The molecule has 0 radical (unpaired) electrons. The first-order valence-electron chi connectivity index (χ1n) is 11.4. The summed E-state index contributed by atoms with van der Waals surface area (Å²) in [6, 6.07) is 10.4. The number of nitrogens with one attached hydrogen (secondary N) is 2. The van der Waals surface area contributed by atoms with E-state index in [4.69, 9.17) is 9.47 Å². The Morgan fingerprint density at radius 1 is 0.816 bits per heavy atom. The Bertz CT molecular complexity index is 1220. The maximum atomic E-state index is 13.0. The first-order chi connectivity index (χ1) is 18.0. The number of para-hydroxylation sites is 2. The molecular formula is C26H28N2O8S2. The lowest BCUT2D eigenvalue weighted by Gasteiger charge is -2.15. The van der Waals surface area contributed by atoms with Crippen LogP contribution in [0.25, 0.3) is 0 Å². The van der Waals surface area contributed by atoms with E-state index in [1.165, 1.54) is 45.0 Å². The minimum absolute atomic E-state index is 0.00125. The third-order valence-electron chi connectivity index (χ3n) is 4.90. The number of hydrogen-bond donors (Lipinski definition) is 2. The molecule has 2 aromatic carbocycles. The van der Waals surface area contributed by atoms with Crippen molar-refractivity contribution in [3.05, 3.63) is 59.7 Å². The van der Waals surface area contributed by atoms with Crippen LogP contribution in [0.15, 0.2) is 48.5 Å². The quantitative estimate of drug-likeness (QED) is 0.311. The minimum atomic E-state index is -0.941. The molecule has 12 heteroatoms. The highest BCUT2D eigenvalue weighted by Crippen LogP contribution is 2.27. The highest BCUT2D eigenvalue weighted by Gasteiger charge is 2.23. The van der Waals surface area contributed by atoms with Crippen LogP contribution in [0.5, 0.6) is 11.5 Å². The van der Waals surface area contributed by atoms with Crippen LogP contribution < -0.4 is 20.1 Å². The van der Waals surface area contributed by atoms with Crippen molar-refractivity contribution in [3.63, 3.8) is 0 Å². The summed E-state index contributed by atoms with van der Waals surface area (Å²) < 4.78 is 10.8. The van der Waals surface area contributed by atoms with Crippen LogP contribution >= 0.6 is 23.5 Å². The zero-order valence-electron chi connectivity index (χ0n) is 21.3. The Hall–Kier alpha value is -3.64. The second-order valence-electron chi connectivity index (χ2n) is 7.93. The molecular weight excluding hydrogens is 532 g/mol. The van der Waals surface area contributed by atoms with E-state index in [0.717, 1.165) is 23.5 Å². The van der Waals surface area contributed by atoms with Gasteiger partial charge in [0.25, 0.3) is 0 Å². The molecule has 0 heterocycles. The Morgan fingerprint density at radius 3 is 1.95 bits per heavy atom. The topological polar surface area (TPSA) is 145 Å². The Morgan fingerprint density at radius 2 is 1.37 bits per heavy atom. The molecule has 0 fully saturated rings. The number of esters is 2. The molecule has 0 saturated carbocycles. The van der Waals surface area contributed by atoms with E-state index in [-0.39, 0.29) is 45.8 Å². The van der Waals surface area contributed by atoms with E-state index >= 15 is 0 Å². The largest absolute Gasteiger partial charge is 0.424 e. The summed E-state index contributed by atoms with van der Waals surface area (Å²) in [4.78, 5) is 72.8. The van der Waals surface area contributed by atoms with Gasteiger partial charge in [-0.15, -0.1) is 0 Å². The second-order valence-corrected chi connectivity index (χ2v) is 9.80. The van der Waals surface area contributed by atoms with Crippen LogP contribution in [0.2, 0.25) is 0 Å². The Kier molecular flexibility index (Phi) is 12.0. The first-order valence-corrected chi connectivity index (χ1v) is 13.7. The predicted octanol–water partition coefficient (Wildman–Crippen LogP) is 2.99. The maximum Gasteiger partial charge on any atom is 0.347 e. The average Bonchev–Trinajstić information content (AvgIpc) is 2.87. The van der Waals surface area contributed by atoms with Gasteiger partial charge in [-0.3, -0.25) is 19.2 Å². The lowest BCUT2D eigenvalue weighted by molar-refractivity contribution is -0.138. The molecule has 2 amide bonds. The highest BCUT2D eigenvalue weighted by molar-refractivity contribution is 8.14. The third-order valence-corrected chi connectivity index (χ3v) is 6.51. The summed E-state index contributed by atoms with van der Waals surface area (Å²) in [7, 11) is 0. The first kappa shape index (κ1) is 30.6. The van der Waals surface area contributed by atoms with Crippen molar-refractivity contribution in [2.24, 2.45) is 0 Å². The van der Waals surface area contributed by atoms with E-state index in [0.29, 0.717) is 0 Å². The molecule has 0 aliphatic heterocycles. The second kappa shape index (κ2) is 14.9. The number of thioether (sulfide) groups is 2. The fourth-order valence-corrected chi connectivity index (χ4v) is 4.47. The number of amides is 2. The summed E-state index contributed by atoms with van der Waals surface area (Å²) in [6.45, 7) is 4.02. The monoisotopic (exact) mass is 560 g/mol. The molecule has 202 valence electrons. The van der Waals surface area contributed by atoms with Gasteiger partial charge in [0.2, 0.25) is 22.0 Å². The molecule has 38 heavy (non-hydrogen) atoms. The normalized spacial score (nSPS) is 12.0. The summed E-state index contributed by atoms with van der Waals surface area (Å²) >= 11 is 1.91. The van der Waals surface area contributed by atoms with Gasteiger partial charge in [-0.25, -0.2) is 9.59 Å². The Labute approximate surface area is 228 Å². The fourth-order valence-electron chi connectivity index (χ4n) is 3.15. The molecule has 10 nitrogen and oxygen atoms in total. The zero-order valence-corrected chi connectivity index (χ0v) is 22.9. The van der Waals surface area contributed by atoms with Gasteiger partial charge < -0.3 is 20.1 Å². The van der Waals surface area contributed by atoms with E-state index in [1.54, 1.807) is 30.5 Å². The fraction of sp³-hybridized carbons (Fsp3) is 0.308. The SMILES string of the molecule is CSC(=O)C(CCSC(=O)c1ccccc1OC(=O)c1ccccc1OC(=O)C(C)NC(C)=O)NC(C)=O. The van der Waals surface area contributed by atoms with Gasteiger partial charge in [0.05, 0.1) is 11.6 Å². The number of hydrogen-bond acceptors (Lipinski definition) is 10. The van der Waals surface area contributed by atoms with Gasteiger partial charge >= 0.3 is 11.9 Å². The molecule has 0 aromatic heterocycles. The average molecular weight is 561 g/mol. The van der Waals surface area contributed by atoms with Gasteiger partial charge in [-0.1, -0.05) is 47.8 Å². The standard InChI is InChI=1S/C26H28N2O8S2/c1-15(27-16(2)29)23(31)35-21-11-7-5-9-18(21)24(32)36-22-12-8-6-10-19(22)25(33)38-14-13-20(26(34)37-4)28-17(3)30/h5-12,15,20H,13-14H2,1-4H3,(H,27,29)(H,28,30). The number of ether oxygens (including phenoxy) is 2. The number of carbonyl (C=O) groups is 6. The van der Waals surface area contributed by atoms with Crippen molar-refractivity contribution in [2.45, 2.75) is 39.3 Å². The van der Waals surface area contributed by atoms with E-state index in [9.17, 15) is 28.8 Å². The number of rotatable bonds is 11. The minimum Gasteiger partial charge on any atom is -0.424 e. The molecule has 0 bridgehead atoms. The molecule has 2 aromatic rings. The molecule has 2 N–H and O–H groups in total. The smallest absolute Gasteiger partial charge is 0.347 e. The third kappa shape index (κ3) is 9.34. The van der Waals surface area contributed by atoms with E-state index in [2.05, 4.69) is 10.6 Å². The Balaban J connectivity index is 2.12. The molecule has 2 unspecified atom stereocenters. The van der Waals surface area contributed by atoms with Gasteiger partial charge in [-0.05, 0) is 43.9 Å². The molecule has 0 aliphatic carbocycles. The van der Waals surface area contributed by atoms with E-state index < -0.39 is 35.0 Å². The lowest BCUT2D eigenvalue weighted by Crippen LogP contribution is -2.39. The summed E-state index contributed by atoms with van der Waals surface area (Å²) in [5.41, 5.74) is 0.0754. The van der Waals surface area contributed by atoms with Crippen molar-refractivity contribution in [2.75, 3.05) is 12.0 Å². The van der Waals surface area contributed by atoms with Crippen molar-refractivity contribution in [3.8, 4) is 11.5 Å². The van der Waals surface area contributed by atoms with Crippen LogP contribution in [0.1, 0.15) is 47.9 Å². The molecule has 2 rings (SSSR count).